The molecular formula is C24H39N3O. The van der Waals surface area contributed by atoms with E-state index >= 15 is 0 Å². The number of likely N-dealkylation sites (tertiary alicyclic amines) is 1. The first kappa shape index (κ1) is 21.2. The van der Waals surface area contributed by atoms with Gasteiger partial charge >= 0.3 is 0 Å². The summed E-state index contributed by atoms with van der Waals surface area (Å²) in [5.41, 5.74) is 3.83. The summed E-state index contributed by atoms with van der Waals surface area (Å²) in [5.74, 6) is 0.130. The highest BCUT2D eigenvalue weighted by atomic mass is 16.2. The lowest BCUT2D eigenvalue weighted by Crippen LogP contribution is -2.47. The summed E-state index contributed by atoms with van der Waals surface area (Å²) < 4.78 is 2.51. The number of amides is 1. The summed E-state index contributed by atoms with van der Waals surface area (Å²) in [6.07, 6.45) is 12.6. The molecule has 0 aromatic carbocycles. The average molecular weight is 386 g/mol. The Morgan fingerprint density at radius 1 is 1.11 bits per heavy atom. The van der Waals surface area contributed by atoms with Gasteiger partial charge in [0.15, 0.2) is 0 Å². The minimum Gasteiger partial charge on any atom is -0.346 e. The van der Waals surface area contributed by atoms with Crippen molar-refractivity contribution in [3.8, 4) is 0 Å². The fourth-order valence-electron chi connectivity index (χ4n) is 5.12. The molecule has 28 heavy (non-hydrogen) atoms. The Morgan fingerprint density at radius 3 is 2.36 bits per heavy atom. The van der Waals surface area contributed by atoms with Crippen LogP contribution < -0.4 is 0 Å². The molecule has 0 spiro atoms. The maximum absolute atomic E-state index is 12.8. The Bertz CT molecular complexity index is 689. The third-order valence-electron chi connectivity index (χ3n) is 6.99. The van der Waals surface area contributed by atoms with Gasteiger partial charge in [0.2, 0.25) is 5.91 Å². The van der Waals surface area contributed by atoms with Crippen LogP contribution in [0, 0.1) is 13.8 Å². The second-order valence-electron chi connectivity index (χ2n) is 9.13. The van der Waals surface area contributed by atoms with E-state index in [-0.39, 0.29) is 5.91 Å². The highest BCUT2D eigenvalue weighted by Crippen LogP contribution is 2.32. The zero-order valence-electron chi connectivity index (χ0n) is 18.6. The lowest BCUT2D eigenvalue weighted by Gasteiger charge is -2.38. The predicted molar refractivity (Wildman–Crippen MR) is 118 cm³/mol. The Kier molecular flexibility index (Phi) is 7.03. The molecule has 156 valence electrons. The number of hydrogen-bond donors (Lipinski definition) is 0. The first-order chi connectivity index (χ1) is 13.4. The smallest absolute Gasteiger partial charge is 0.246 e. The Balaban J connectivity index is 1.62. The number of aryl methyl sites for hydroxylation is 1. The molecule has 2 fully saturated rings. The van der Waals surface area contributed by atoms with Crippen molar-refractivity contribution in [1.82, 2.24) is 14.4 Å². The number of piperidine rings is 1. The number of aromatic nitrogens is 1. The van der Waals surface area contributed by atoms with Gasteiger partial charge in [-0.3, -0.25) is 4.79 Å². The second kappa shape index (κ2) is 9.30. The minimum absolute atomic E-state index is 0.130. The summed E-state index contributed by atoms with van der Waals surface area (Å²) >= 11 is 0. The van der Waals surface area contributed by atoms with Crippen LogP contribution in [0.5, 0.6) is 0 Å². The molecule has 0 radical (unpaired) electrons. The van der Waals surface area contributed by atoms with Crippen LogP contribution in [0.2, 0.25) is 0 Å². The average Bonchev–Trinajstić information content (AvgIpc) is 2.99. The van der Waals surface area contributed by atoms with E-state index in [1.807, 2.05) is 18.0 Å². The van der Waals surface area contributed by atoms with Crippen LogP contribution >= 0.6 is 0 Å². The fraction of sp³-hybridized carbons (Fsp3) is 0.708. The lowest BCUT2D eigenvalue weighted by molar-refractivity contribution is -0.127. The molecule has 0 unspecified atom stereocenters. The molecule has 1 aromatic heterocycles. The SMILES string of the molecule is Cc1cc(/C=C/C(=O)N(C)C2CCN(C(C)C)CC2)c(C)n1C1CCCCC1. The topological polar surface area (TPSA) is 28.5 Å². The van der Waals surface area contributed by atoms with Gasteiger partial charge in [-0.1, -0.05) is 19.3 Å². The maximum atomic E-state index is 12.8. The number of rotatable bonds is 5. The van der Waals surface area contributed by atoms with E-state index < -0.39 is 0 Å². The predicted octanol–water partition coefficient (Wildman–Crippen LogP) is 4.95. The van der Waals surface area contributed by atoms with Crippen molar-refractivity contribution in [2.75, 3.05) is 20.1 Å². The molecule has 0 atom stereocenters. The van der Waals surface area contributed by atoms with Crippen molar-refractivity contribution in [2.45, 2.75) is 90.8 Å². The molecule has 1 aliphatic heterocycles. The lowest BCUT2D eigenvalue weighted by atomic mass is 9.95. The molecule has 2 heterocycles. The fourth-order valence-corrected chi connectivity index (χ4v) is 5.12. The van der Waals surface area contributed by atoms with Crippen LogP contribution in [0.4, 0.5) is 0 Å². The van der Waals surface area contributed by atoms with Gasteiger partial charge < -0.3 is 14.4 Å². The van der Waals surface area contributed by atoms with Gasteiger partial charge in [0.25, 0.3) is 0 Å². The van der Waals surface area contributed by atoms with Crippen molar-refractivity contribution in [3.05, 3.63) is 29.1 Å². The molecule has 1 aromatic rings. The van der Waals surface area contributed by atoms with Gasteiger partial charge in [-0.15, -0.1) is 0 Å². The normalized spacial score (nSPS) is 20.4. The molecule has 1 amide bonds. The van der Waals surface area contributed by atoms with Crippen molar-refractivity contribution >= 4 is 12.0 Å². The molecule has 1 aliphatic carbocycles. The Labute approximate surface area is 171 Å². The zero-order chi connectivity index (χ0) is 20.3. The number of nitrogens with zero attached hydrogens (tertiary/aromatic N) is 3. The molecule has 3 rings (SSSR count). The van der Waals surface area contributed by atoms with Gasteiger partial charge in [-0.2, -0.15) is 0 Å². The standard InChI is InChI=1S/C24H39N3O/c1-18(2)26-15-13-22(14-16-26)25(5)24(28)12-11-21-17-19(3)27(20(21)4)23-9-7-6-8-10-23/h11-12,17-18,22-23H,6-10,13-16H2,1-5H3/b12-11+. The molecule has 1 saturated carbocycles. The Morgan fingerprint density at radius 2 is 1.75 bits per heavy atom. The van der Waals surface area contributed by atoms with E-state index in [1.165, 1.54) is 49.1 Å². The van der Waals surface area contributed by atoms with Gasteiger partial charge in [-0.05, 0) is 71.1 Å². The third kappa shape index (κ3) is 4.71. The summed E-state index contributed by atoms with van der Waals surface area (Å²) in [5, 5.41) is 0. The first-order valence-corrected chi connectivity index (χ1v) is 11.3. The van der Waals surface area contributed by atoms with Crippen LogP contribution in [0.25, 0.3) is 6.08 Å². The highest BCUT2D eigenvalue weighted by Gasteiger charge is 2.25. The minimum atomic E-state index is 0.130. The van der Waals surface area contributed by atoms with E-state index in [4.69, 9.17) is 0 Å². The van der Waals surface area contributed by atoms with Crippen molar-refractivity contribution in [1.29, 1.82) is 0 Å². The molecule has 0 N–H and O–H groups in total. The van der Waals surface area contributed by atoms with Gasteiger partial charge in [0.1, 0.15) is 0 Å². The quantitative estimate of drug-likeness (QED) is 0.671. The zero-order valence-corrected chi connectivity index (χ0v) is 18.6. The molecule has 4 nitrogen and oxygen atoms in total. The Hall–Kier alpha value is -1.55. The third-order valence-corrected chi connectivity index (χ3v) is 6.99. The largest absolute Gasteiger partial charge is 0.346 e. The van der Waals surface area contributed by atoms with E-state index in [9.17, 15) is 4.79 Å². The molecule has 2 aliphatic rings. The van der Waals surface area contributed by atoms with Crippen LogP contribution in [-0.4, -0.2) is 52.5 Å². The van der Waals surface area contributed by atoms with Crippen LogP contribution in [0.3, 0.4) is 0 Å². The van der Waals surface area contributed by atoms with Gasteiger partial charge in [0, 0.05) is 55.7 Å². The molecule has 1 saturated heterocycles. The summed E-state index contributed by atoms with van der Waals surface area (Å²) in [7, 11) is 1.97. The van der Waals surface area contributed by atoms with Crippen molar-refractivity contribution < 1.29 is 4.79 Å². The molecular weight excluding hydrogens is 346 g/mol. The van der Waals surface area contributed by atoms with Crippen molar-refractivity contribution in [2.24, 2.45) is 0 Å². The van der Waals surface area contributed by atoms with Crippen LogP contribution in [-0.2, 0) is 4.79 Å². The monoisotopic (exact) mass is 385 g/mol. The van der Waals surface area contributed by atoms with E-state index in [0.717, 1.165) is 25.9 Å². The summed E-state index contributed by atoms with van der Waals surface area (Å²) in [6.45, 7) is 11.1. The number of carbonyl (C=O) groups is 1. The number of carbonyl (C=O) groups excluding carboxylic acids is 1. The summed E-state index contributed by atoms with van der Waals surface area (Å²) in [6, 6.07) is 3.85. The molecule has 0 bridgehead atoms. The van der Waals surface area contributed by atoms with E-state index in [2.05, 4.69) is 43.2 Å². The number of likely N-dealkylation sites (N-methyl/N-ethyl adjacent to an activating group) is 1. The van der Waals surface area contributed by atoms with Crippen LogP contribution in [0.1, 0.15) is 81.8 Å². The van der Waals surface area contributed by atoms with Gasteiger partial charge in [0.05, 0.1) is 0 Å². The van der Waals surface area contributed by atoms with Gasteiger partial charge in [-0.25, -0.2) is 0 Å². The van der Waals surface area contributed by atoms with Crippen molar-refractivity contribution in [3.63, 3.8) is 0 Å². The highest BCUT2D eigenvalue weighted by molar-refractivity contribution is 5.92. The number of hydrogen-bond acceptors (Lipinski definition) is 2. The molecule has 4 heteroatoms. The van der Waals surface area contributed by atoms with Crippen LogP contribution in [0.15, 0.2) is 12.1 Å². The second-order valence-corrected chi connectivity index (χ2v) is 9.13. The first-order valence-electron chi connectivity index (χ1n) is 11.3. The maximum Gasteiger partial charge on any atom is 0.246 e. The van der Waals surface area contributed by atoms with E-state index in [0.29, 0.717) is 18.1 Å². The van der Waals surface area contributed by atoms with E-state index in [1.54, 1.807) is 6.08 Å². The summed E-state index contributed by atoms with van der Waals surface area (Å²) in [4.78, 5) is 17.2.